The lowest BCUT2D eigenvalue weighted by Gasteiger charge is -2.29. The van der Waals surface area contributed by atoms with Crippen LogP contribution in [0, 0.1) is 6.92 Å². The summed E-state index contributed by atoms with van der Waals surface area (Å²) in [5, 5.41) is 0. The standard InChI is InChI=1S/C25H28/c1-19-11-13-21(14-12-19)25(4,5)23-17-15-22(16-18-23)24(2,3)20-9-7-6-8-10-20/h6-18H,1-5H3. The molecule has 0 heterocycles. The molecule has 0 saturated carbocycles. The zero-order chi connectivity index (χ0) is 18.1. The molecule has 0 aliphatic heterocycles. The van der Waals surface area contributed by atoms with Gasteiger partial charge in [0.1, 0.15) is 0 Å². The summed E-state index contributed by atoms with van der Waals surface area (Å²) in [6, 6.07) is 28.8. The fourth-order valence-corrected chi connectivity index (χ4v) is 3.46. The number of aryl methyl sites for hydroxylation is 1. The van der Waals surface area contributed by atoms with Gasteiger partial charge in [0.25, 0.3) is 0 Å². The van der Waals surface area contributed by atoms with Gasteiger partial charge in [-0.1, -0.05) is 112 Å². The highest BCUT2D eigenvalue weighted by Crippen LogP contribution is 2.35. The smallest absolute Gasteiger partial charge is 0.0146 e. The maximum Gasteiger partial charge on any atom is 0.0146 e. The van der Waals surface area contributed by atoms with Crippen LogP contribution in [0.3, 0.4) is 0 Å². The summed E-state index contributed by atoms with van der Waals surface area (Å²) >= 11 is 0. The normalized spacial score (nSPS) is 12.2. The van der Waals surface area contributed by atoms with Crippen molar-refractivity contribution in [2.75, 3.05) is 0 Å². The summed E-state index contributed by atoms with van der Waals surface area (Å²) in [7, 11) is 0. The van der Waals surface area contributed by atoms with Crippen molar-refractivity contribution in [1.82, 2.24) is 0 Å². The van der Waals surface area contributed by atoms with Gasteiger partial charge in [0.05, 0.1) is 0 Å². The molecule has 0 fully saturated rings. The van der Waals surface area contributed by atoms with E-state index in [1.165, 1.54) is 27.8 Å². The van der Waals surface area contributed by atoms with Gasteiger partial charge in [0, 0.05) is 10.8 Å². The summed E-state index contributed by atoms with van der Waals surface area (Å²) < 4.78 is 0. The van der Waals surface area contributed by atoms with Crippen LogP contribution in [0.1, 0.15) is 55.5 Å². The maximum atomic E-state index is 2.30. The molecule has 0 amide bonds. The number of benzene rings is 3. The molecule has 25 heavy (non-hydrogen) atoms. The van der Waals surface area contributed by atoms with E-state index in [0.29, 0.717) is 0 Å². The molecule has 0 bridgehead atoms. The second kappa shape index (κ2) is 6.52. The van der Waals surface area contributed by atoms with Crippen LogP contribution in [0.15, 0.2) is 78.9 Å². The third kappa shape index (κ3) is 3.39. The lowest BCUT2D eigenvalue weighted by molar-refractivity contribution is 0.626. The maximum absolute atomic E-state index is 2.30. The zero-order valence-electron chi connectivity index (χ0n) is 16.0. The van der Waals surface area contributed by atoms with E-state index in [4.69, 9.17) is 0 Å². The Labute approximate surface area is 152 Å². The van der Waals surface area contributed by atoms with Gasteiger partial charge in [-0.05, 0) is 29.2 Å². The zero-order valence-corrected chi connectivity index (χ0v) is 16.0. The molecule has 0 spiro atoms. The Balaban J connectivity index is 1.93. The molecule has 3 aromatic carbocycles. The van der Waals surface area contributed by atoms with Gasteiger partial charge < -0.3 is 0 Å². The van der Waals surface area contributed by atoms with Crippen molar-refractivity contribution in [2.45, 2.75) is 45.4 Å². The number of hydrogen-bond donors (Lipinski definition) is 0. The molecule has 0 unspecified atom stereocenters. The fourth-order valence-electron chi connectivity index (χ4n) is 3.46. The van der Waals surface area contributed by atoms with Crippen molar-refractivity contribution in [2.24, 2.45) is 0 Å². The number of hydrogen-bond acceptors (Lipinski definition) is 0. The van der Waals surface area contributed by atoms with Crippen molar-refractivity contribution in [3.05, 3.63) is 107 Å². The minimum absolute atomic E-state index is 0.00310. The van der Waals surface area contributed by atoms with E-state index in [0.717, 1.165) is 0 Å². The first-order valence-corrected chi connectivity index (χ1v) is 9.05. The van der Waals surface area contributed by atoms with E-state index in [2.05, 4.69) is 113 Å². The largest absolute Gasteiger partial charge is 0.0622 e. The van der Waals surface area contributed by atoms with Crippen LogP contribution in [-0.4, -0.2) is 0 Å². The second-order valence-corrected chi connectivity index (χ2v) is 8.06. The molecule has 3 rings (SSSR count). The second-order valence-electron chi connectivity index (χ2n) is 8.06. The Bertz CT molecular complexity index is 819. The van der Waals surface area contributed by atoms with E-state index < -0.39 is 0 Å². The molecule has 0 nitrogen and oxygen atoms in total. The Kier molecular flexibility index (Phi) is 4.56. The topological polar surface area (TPSA) is 0 Å². The van der Waals surface area contributed by atoms with Gasteiger partial charge in [-0.2, -0.15) is 0 Å². The van der Waals surface area contributed by atoms with Crippen molar-refractivity contribution in [3.63, 3.8) is 0 Å². The molecule has 0 aliphatic rings. The molecular weight excluding hydrogens is 300 g/mol. The Hall–Kier alpha value is -2.34. The van der Waals surface area contributed by atoms with Crippen molar-refractivity contribution >= 4 is 0 Å². The molecule has 0 radical (unpaired) electrons. The highest BCUT2D eigenvalue weighted by Gasteiger charge is 2.26. The number of rotatable bonds is 4. The summed E-state index contributed by atoms with van der Waals surface area (Å²) in [4.78, 5) is 0. The van der Waals surface area contributed by atoms with E-state index in [1.54, 1.807) is 0 Å². The van der Waals surface area contributed by atoms with Crippen LogP contribution >= 0.6 is 0 Å². The van der Waals surface area contributed by atoms with Crippen LogP contribution in [-0.2, 0) is 10.8 Å². The van der Waals surface area contributed by atoms with E-state index in [1.807, 2.05) is 0 Å². The molecule has 0 atom stereocenters. The fraction of sp³-hybridized carbons (Fsp3) is 0.280. The quantitative estimate of drug-likeness (QED) is 0.503. The van der Waals surface area contributed by atoms with Crippen molar-refractivity contribution < 1.29 is 0 Å². The van der Waals surface area contributed by atoms with E-state index >= 15 is 0 Å². The Morgan fingerprint density at radius 3 is 1.16 bits per heavy atom. The predicted octanol–water partition coefficient (Wildman–Crippen LogP) is 6.65. The van der Waals surface area contributed by atoms with Crippen LogP contribution in [0.2, 0.25) is 0 Å². The summed E-state index contributed by atoms with van der Waals surface area (Å²) in [5.74, 6) is 0. The third-order valence-corrected chi connectivity index (χ3v) is 5.60. The first kappa shape index (κ1) is 17.5. The summed E-state index contributed by atoms with van der Waals surface area (Å²) in [6.07, 6.45) is 0. The monoisotopic (exact) mass is 328 g/mol. The molecular formula is C25H28. The minimum atomic E-state index is 0.00310. The van der Waals surface area contributed by atoms with Gasteiger partial charge in [-0.3, -0.25) is 0 Å². The Morgan fingerprint density at radius 1 is 0.440 bits per heavy atom. The molecule has 0 aromatic heterocycles. The average molecular weight is 328 g/mol. The lowest BCUT2D eigenvalue weighted by atomic mass is 9.74. The van der Waals surface area contributed by atoms with Gasteiger partial charge in [-0.25, -0.2) is 0 Å². The Morgan fingerprint density at radius 2 is 0.760 bits per heavy atom. The summed E-state index contributed by atoms with van der Waals surface area (Å²) in [6.45, 7) is 11.3. The first-order chi connectivity index (χ1) is 11.8. The first-order valence-electron chi connectivity index (χ1n) is 9.05. The van der Waals surface area contributed by atoms with Crippen LogP contribution in [0.25, 0.3) is 0 Å². The summed E-state index contributed by atoms with van der Waals surface area (Å²) in [5.41, 5.74) is 6.72. The molecule has 0 heteroatoms. The van der Waals surface area contributed by atoms with Crippen molar-refractivity contribution in [3.8, 4) is 0 Å². The molecule has 128 valence electrons. The van der Waals surface area contributed by atoms with Crippen LogP contribution < -0.4 is 0 Å². The van der Waals surface area contributed by atoms with Gasteiger partial charge in [-0.15, -0.1) is 0 Å². The minimum Gasteiger partial charge on any atom is -0.0622 e. The highest BCUT2D eigenvalue weighted by molar-refractivity contribution is 5.43. The third-order valence-electron chi connectivity index (χ3n) is 5.60. The van der Waals surface area contributed by atoms with Gasteiger partial charge >= 0.3 is 0 Å². The van der Waals surface area contributed by atoms with Crippen LogP contribution in [0.4, 0.5) is 0 Å². The van der Waals surface area contributed by atoms with Gasteiger partial charge in [0.15, 0.2) is 0 Å². The van der Waals surface area contributed by atoms with Crippen LogP contribution in [0.5, 0.6) is 0 Å². The van der Waals surface area contributed by atoms with E-state index in [-0.39, 0.29) is 10.8 Å². The SMILES string of the molecule is Cc1ccc(C(C)(C)c2ccc(C(C)(C)c3ccccc3)cc2)cc1. The van der Waals surface area contributed by atoms with Crippen molar-refractivity contribution in [1.29, 1.82) is 0 Å². The lowest BCUT2D eigenvalue weighted by Crippen LogP contribution is -2.21. The molecule has 0 N–H and O–H groups in total. The molecule has 3 aromatic rings. The molecule has 0 saturated heterocycles. The highest BCUT2D eigenvalue weighted by atomic mass is 14.3. The van der Waals surface area contributed by atoms with E-state index in [9.17, 15) is 0 Å². The average Bonchev–Trinajstić information content (AvgIpc) is 2.63. The predicted molar refractivity (Wildman–Crippen MR) is 108 cm³/mol. The van der Waals surface area contributed by atoms with Gasteiger partial charge in [0.2, 0.25) is 0 Å². The molecule has 0 aliphatic carbocycles.